The molecular formula is C7H12N6O3. The molecule has 1 rings (SSSR count). The standard InChI is InChI=1S/C7H12N6O3/c8-2-5-12-6(16-13-5)3(1-4(9)14)11-7(10)15/h3H,1-2,8H2,(H2,9,14)(H3,10,11,15)/t3-/m1/s1. The lowest BCUT2D eigenvalue weighted by Gasteiger charge is -2.10. The molecule has 1 aromatic heterocycles. The van der Waals surface area contributed by atoms with Gasteiger partial charge in [0.05, 0.1) is 13.0 Å². The number of hydrogen-bond acceptors (Lipinski definition) is 6. The molecule has 7 N–H and O–H groups in total. The summed E-state index contributed by atoms with van der Waals surface area (Å²) in [7, 11) is 0. The third-order valence-corrected chi connectivity index (χ3v) is 1.69. The SMILES string of the molecule is NCc1noc([C@@H](CC(N)=O)NC(N)=O)n1. The minimum absolute atomic E-state index is 0.0399. The van der Waals surface area contributed by atoms with E-state index >= 15 is 0 Å². The maximum Gasteiger partial charge on any atom is 0.312 e. The van der Waals surface area contributed by atoms with Gasteiger partial charge in [-0.15, -0.1) is 0 Å². The molecule has 0 saturated heterocycles. The summed E-state index contributed by atoms with van der Waals surface area (Å²) in [6.07, 6.45) is -0.185. The van der Waals surface area contributed by atoms with Crippen molar-refractivity contribution >= 4 is 11.9 Å². The van der Waals surface area contributed by atoms with Gasteiger partial charge in [0.15, 0.2) is 5.82 Å². The Bertz CT molecular complexity index is 373. The Morgan fingerprint density at radius 1 is 1.44 bits per heavy atom. The summed E-state index contributed by atoms with van der Waals surface area (Å²) in [5, 5.41) is 5.78. The molecule has 0 aliphatic carbocycles. The van der Waals surface area contributed by atoms with E-state index < -0.39 is 18.0 Å². The van der Waals surface area contributed by atoms with Crippen LogP contribution in [0.15, 0.2) is 4.52 Å². The second-order valence-electron chi connectivity index (χ2n) is 2.98. The van der Waals surface area contributed by atoms with Crippen molar-refractivity contribution in [3.8, 4) is 0 Å². The molecule has 0 saturated carbocycles. The van der Waals surface area contributed by atoms with Crippen LogP contribution >= 0.6 is 0 Å². The maximum atomic E-state index is 10.8. The molecule has 0 spiro atoms. The number of nitrogens with zero attached hydrogens (tertiary/aromatic N) is 2. The number of rotatable bonds is 5. The first-order valence-electron chi connectivity index (χ1n) is 4.39. The van der Waals surface area contributed by atoms with Crippen LogP contribution in [0.4, 0.5) is 4.79 Å². The average Bonchev–Trinajstić information content (AvgIpc) is 2.63. The Labute approximate surface area is 90.3 Å². The minimum atomic E-state index is -0.831. The average molecular weight is 228 g/mol. The molecule has 0 radical (unpaired) electrons. The lowest BCUT2D eigenvalue weighted by molar-refractivity contribution is -0.118. The van der Waals surface area contributed by atoms with Gasteiger partial charge in [0.25, 0.3) is 0 Å². The number of carbonyl (C=O) groups excluding carboxylic acids is 2. The first-order chi connectivity index (χ1) is 7.52. The highest BCUT2D eigenvalue weighted by atomic mass is 16.5. The second-order valence-corrected chi connectivity index (χ2v) is 2.98. The Balaban J connectivity index is 2.82. The number of primary amides is 2. The number of nitrogens with one attached hydrogen (secondary N) is 1. The van der Waals surface area contributed by atoms with Gasteiger partial charge in [0.2, 0.25) is 11.8 Å². The van der Waals surface area contributed by atoms with E-state index in [2.05, 4.69) is 15.5 Å². The van der Waals surface area contributed by atoms with E-state index in [1.54, 1.807) is 0 Å². The fraction of sp³-hybridized carbons (Fsp3) is 0.429. The molecule has 9 nitrogen and oxygen atoms in total. The summed E-state index contributed by atoms with van der Waals surface area (Å²) in [5.41, 5.74) is 15.2. The predicted octanol–water partition coefficient (Wildman–Crippen LogP) is -1.89. The molecule has 1 atom stereocenters. The number of aromatic nitrogens is 2. The van der Waals surface area contributed by atoms with Gasteiger partial charge in [0.1, 0.15) is 6.04 Å². The van der Waals surface area contributed by atoms with Gasteiger partial charge in [-0.25, -0.2) is 4.79 Å². The van der Waals surface area contributed by atoms with Crippen molar-refractivity contribution in [1.29, 1.82) is 0 Å². The van der Waals surface area contributed by atoms with Gasteiger partial charge in [-0.2, -0.15) is 4.98 Å². The van der Waals surface area contributed by atoms with Crippen LogP contribution in [0.25, 0.3) is 0 Å². The van der Waals surface area contributed by atoms with Crippen LogP contribution in [0.3, 0.4) is 0 Å². The van der Waals surface area contributed by atoms with Crippen LogP contribution in [0.5, 0.6) is 0 Å². The minimum Gasteiger partial charge on any atom is -0.370 e. The molecule has 16 heavy (non-hydrogen) atoms. The third kappa shape index (κ3) is 3.20. The van der Waals surface area contributed by atoms with Gasteiger partial charge >= 0.3 is 6.03 Å². The summed E-state index contributed by atoms with van der Waals surface area (Å²) in [5.74, 6) is -0.333. The zero-order valence-corrected chi connectivity index (χ0v) is 8.34. The second kappa shape index (κ2) is 5.07. The Morgan fingerprint density at radius 2 is 2.12 bits per heavy atom. The van der Waals surface area contributed by atoms with Crippen molar-refractivity contribution in [2.75, 3.05) is 0 Å². The summed E-state index contributed by atoms with van der Waals surface area (Å²) in [6.45, 7) is 0.0867. The summed E-state index contributed by atoms with van der Waals surface area (Å²) in [6, 6.07) is -1.65. The largest absolute Gasteiger partial charge is 0.370 e. The molecule has 88 valence electrons. The van der Waals surface area contributed by atoms with Crippen molar-refractivity contribution in [1.82, 2.24) is 15.5 Å². The molecule has 0 aliphatic rings. The fourth-order valence-corrected chi connectivity index (χ4v) is 1.06. The number of amides is 3. The van der Waals surface area contributed by atoms with Gasteiger partial charge in [-0.3, -0.25) is 4.79 Å². The predicted molar refractivity (Wildman–Crippen MR) is 51.5 cm³/mol. The van der Waals surface area contributed by atoms with Crippen LogP contribution < -0.4 is 22.5 Å². The zero-order chi connectivity index (χ0) is 12.1. The van der Waals surface area contributed by atoms with Crippen molar-refractivity contribution in [3.63, 3.8) is 0 Å². The molecule has 0 fully saturated rings. The Hall–Kier alpha value is -2.16. The smallest absolute Gasteiger partial charge is 0.312 e. The van der Waals surface area contributed by atoms with E-state index in [-0.39, 0.29) is 24.7 Å². The molecule has 0 unspecified atom stereocenters. The lowest BCUT2D eigenvalue weighted by atomic mass is 10.2. The topological polar surface area (TPSA) is 163 Å². The van der Waals surface area contributed by atoms with Crippen molar-refractivity contribution in [2.45, 2.75) is 19.0 Å². The van der Waals surface area contributed by atoms with E-state index in [1.165, 1.54) is 0 Å². The van der Waals surface area contributed by atoms with Gasteiger partial charge < -0.3 is 27.0 Å². The Kier molecular flexibility index (Phi) is 3.78. The fourth-order valence-electron chi connectivity index (χ4n) is 1.06. The van der Waals surface area contributed by atoms with Crippen LogP contribution in [0, 0.1) is 0 Å². The van der Waals surface area contributed by atoms with Crippen LogP contribution in [0.1, 0.15) is 24.2 Å². The van der Waals surface area contributed by atoms with Gasteiger partial charge in [-0.1, -0.05) is 5.16 Å². The molecule has 1 heterocycles. The molecule has 3 amide bonds. The lowest BCUT2D eigenvalue weighted by Crippen LogP contribution is -2.35. The van der Waals surface area contributed by atoms with Crippen LogP contribution in [-0.2, 0) is 11.3 Å². The van der Waals surface area contributed by atoms with E-state index in [0.717, 1.165) is 0 Å². The molecular weight excluding hydrogens is 216 g/mol. The number of carbonyl (C=O) groups is 2. The van der Waals surface area contributed by atoms with Crippen LogP contribution in [-0.4, -0.2) is 22.1 Å². The van der Waals surface area contributed by atoms with E-state index in [1.807, 2.05) is 0 Å². The zero-order valence-electron chi connectivity index (χ0n) is 8.34. The van der Waals surface area contributed by atoms with Crippen molar-refractivity contribution in [2.24, 2.45) is 17.2 Å². The maximum absolute atomic E-state index is 10.8. The first-order valence-corrected chi connectivity index (χ1v) is 4.39. The number of urea groups is 1. The quantitative estimate of drug-likeness (QED) is 0.460. The van der Waals surface area contributed by atoms with Crippen LogP contribution in [0.2, 0.25) is 0 Å². The van der Waals surface area contributed by atoms with E-state index in [9.17, 15) is 9.59 Å². The molecule has 0 bridgehead atoms. The molecule has 0 aliphatic heterocycles. The monoisotopic (exact) mass is 228 g/mol. The highest BCUT2D eigenvalue weighted by Gasteiger charge is 2.22. The molecule has 1 aromatic rings. The highest BCUT2D eigenvalue weighted by Crippen LogP contribution is 2.13. The molecule has 9 heteroatoms. The first kappa shape index (κ1) is 11.9. The van der Waals surface area contributed by atoms with E-state index in [0.29, 0.717) is 0 Å². The highest BCUT2D eigenvalue weighted by molar-refractivity contribution is 5.77. The third-order valence-electron chi connectivity index (χ3n) is 1.69. The van der Waals surface area contributed by atoms with Crippen molar-refractivity contribution < 1.29 is 14.1 Å². The summed E-state index contributed by atoms with van der Waals surface area (Å²) in [4.78, 5) is 25.3. The summed E-state index contributed by atoms with van der Waals surface area (Å²) < 4.78 is 4.80. The normalized spacial score (nSPS) is 12.1. The van der Waals surface area contributed by atoms with E-state index in [4.69, 9.17) is 21.7 Å². The molecule has 0 aromatic carbocycles. The van der Waals surface area contributed by atoms with Gasteiger partial charge in [0, 0.05) is 0 Å². The number of hydrogen-bond donors (Lipinski definition) is 4. The van der Waals surface area contributed by atoms with Crippen molar-refractivity contribution in [3.05, 3.63) is 11.7 Å². The summed E-state index contributed by atoms with van der Waals surface area (Å²) >= 11 is 0. The number of nitrogens with two attached hydrogens (primary N) is 3. The Morgan fingerprint density at radius 3 is 2.56 bits per heavy atom. The van der Waals surface area contributed by atoms with Gasteiger partial charge in [-0.05, 0) is 0 Å².